The summed E-state index contributed by atoms with van der Waals surface area (Å²) in [5, 5.41) is 0. The minimum Gasteiger partial charge on any atom is -0.484 e. The van der Waals surface area contributed by atoms with E-state index in [1.807, 2.05) is 10.9 Å². The van der Waals surface area contributed by atoms with Gasteiger partial charge in [-0.2, -0.15) is 13.2 Å². The summed E-state index contributed by atoms with van der Waals surface area (Å²) in [5.74, 6) is -1.79. The first-order valence-corrected chi connectivity index (χ1v) is 6.76. The lowest BCUT2D eigenvalue weighted by molar-refractivity contribution is -0.141. The monoisotopic (exact) mass is 357 g/mol. The summed E-state index contributed by atoms with van der Waals surface area (Å²) in [5.41, 5.74) is 2.71. The summed E-state index contributed by atoms with van der Waals surface area (Å²) in [6.45, 7) is -0.461. The Bertz CT molecular complexity index is 746. The summed E-state index contributed by atoms with van der Waals surface area (Å²) in [6.07, 6.45) is -3.87. The van der Waals surface area contributed by atoms with Crippen LogP contribution in [0.1, 0.15) is 16.1 Å². The minimum atomic E-state index is -4.61. The molecule has 0 spiro atoms. The van der Waals surface area contributed by atoms with E-state index >= 15 is 0 Å². The molecule has 0 atom stereocenters. The van der Waals surface area contributed by atoms with Gasteiger partial charge in [-0.25, -0.2) is 4.39 Å². The maximum atomic E-state index is 12.7. The fourth-order valence-corrected chi connectivity index (χ4v) is 1.61. The quantitative estimate of drug-likeness (QED) is 0.649. The molecule has 0 radical (unpaired) electrons. The van der Waals surface area contributed by atoms with E-state index in [-0.39, 0.29) is 11.3 Å². The van der Waals surface area contributed by atoms with Crippen LogP contribution in [0.4, 0.5) is 17.6 Å². The number of halogens is 4. The average Bonchev–Trinajstić information content (AvgIpc) is 2.58. The highest BCUT2D eigenvalue weighted by molar-refractivity contribution is 5.95. The van der Waals surface area contributed by atoms with Gasteiger partial charge in [0.05, 0.1) is 5.56 Å². The summed E-state index contributed by atoms with van der Waals surface area (Å²) < 4.78 is 54.8. The molecule has 1 heterocycles. The molecule has 0 unspecified atom stereocenters. The second kappa shape index (κ2) is 7.60. The molecule has 0 aliphatic heterocycles. The van der Waals surface area contributed by atoms with Gasteiger partial charge in [0.2, 0.25) is 0 Å². The maximum Gasteiger partial charge on any atom is 0.433 e. The highest BCUT2D eigenvalue weighted by Gasteiger charge is 2.32. The zero-order valence-corrected chi connectivity index (χ0v) is 12.4. The van der Waals surface area contributed by atoms with Crippen LogP contribution in [0.25, 0.3) is 0 Å². The second-order valence-corrected chi connectivity index (χ2v) is 4.67. The predicted molar refractivity (Wildman–Crippen MR) is 76.7 cm³/mol. The number of pyridine rings is 1. The van der Waals surface area contributed by atoms with E-state index in [0.717, 1.165) is 24.4 Å². The lowest BCUT2D eigenvalue weighted by Crippen LogP contribution is -2.43. The number of carbonyl (C=O) groups excluding carboxylic acids is 2. The van der Waals surface area contributed by atoms with Gasteiger partial charge in [0.15, 0.2) is 6.61 Å². The number of amides is 2. The van der Waals surface area contributed by atoms with Crippen LogP contribution in [0.5, 0.6) is 5.75 Å². The molecule has 0 saturated carbocycles. The van der Waals surface area contributed by atoms with Crippen LogP contribution >= 0.6 is 0 Å². The van der Waals surface area contributed by atoms with Gasteiger partial charge < -0.3 is 4.74 Å². The van der Waals surface area contributed by atoms with Crippen LogP contribution in [-0.2, 0) is 11.0 Å². The van der Waals surface area contributed by atoms with E-state index in [9.17, 15) is 27.2 Å². The number of hydrazine groups is 1. The number of rotatable bonds is 4. The molecule has 10 heteroatoms. The van der Waals surface area contributed by atoms with Crippen molar-refractivity contribution in [3.05, 3.63) is 59.7 Å². The largest absolute Gasteiger partial charge is 0.484 e. The van der Waals surface area contributed by atoms with Crippen molar-refractivity contribution in [3.63, 3.8) is 0 Å². The van der Waals surface area contributed by atoms with E-state index in [1.54, 1.807) is 0 Å². The predicted octanol–water partition coefficient (Wildman–Crippen LogP) is 2.08. The van der Waals surface area contributed by atoms with Gasteiger partial charge in [0.1, 0.15) is 17.3 Å². The number of aromatic nitrogens is 1. The topological polar surface area (TPSA) is 80.3 Å². The number of nitrogens with zero attached hydrogens (tertiary/aromatic N) is 1. The van der Waals surface area contributed by atoms with E-state index in [4.69, 9.17) is 4.74 Å². The summed E-state index contributed by atoms with van der Waals surface area (Å²) in [4.78, 5) is 26.3. The Morgan fingerprint density at radius 2 is 1.72 bits per heavy atom. The number of carbonyl (C=O) groups is 2. The standard InChI is InChI=1S/C15H11F4N3O3/c16-10-2-4-11(5-3-10)25-8-13(23)21-22-14(24)9-1-6-12(20-7-9)15(17,18)19/h1-7H,8H2,(H,21,23)(H,22,24). The van der Waals surface area contributed by atoms with E-state index in [1.165, 1.54) is 12.1 Å². The van der Waals surface area contributed by atoms with Crippen molar-refractivity contribution < 1.29 is 31.9 Å². The Kier molecular flexibility index (Phi) is 5.52. The normalized spacial score (nSPS) is 10.9. The van der Waals surface area contributed by atoms with Crippen molar-refractivity contribution in [3.8, 4) is 5.75 Å². The van der Waals surface area contributed by atoms with Crippen LogP contribution in [-0.4, -0.2) is 23.4 Å². The van der Waals surface area contributed by atoms with Gasteiger partial charge in [-0.1, -0.05) is 0 Å². The number of nitrogens with one attached hydrogen (secondary N) is 2. The van der Waals surface area contributed by atoms with Crippen molar-refractivity contribution in [2.24, 2.45) is 0 Å². The molecule has 2 rings (SSSR count). The number of benzene rings is 1. The van der Waals surface area contributed by atoms with Crippen molar-refractivity contribution in [1.29, 1.82) is 0 Å². The molecule has 6 nitrogen and oxygen atoms in total. The zero-order chi connectivity index (χ0) is 18.4. The first kappa shape index (κ1) is 18.2. The molecule has 1 aromatic carbocycles. The molecule has 2 amide bonds. The first-order valence-electron chi connectivity index (χ1n) is 6.76. The molecule has 2 N–H and O–H groups in total. The molecule has 0 bridgehead atoms. The highest BCUT2D eigenvalue weighted by atomic mass is 19.4. The fourth-order valence-electron chi connectivity index (χ4n) is 1.61. The van der Waals surface area contributed by atoms with Crippen LogP contribution in [0.2, 0.25) is 0 Å². The number of hydrogen-bond acceptors (Lipinski definition) is 4. The summed E-state index contributed by atoms with van der Waals surface area (Å²) >= 11 is 0. The molecule has 2 aromatic rings. The third-order valence-corrected chi connectivity index (χ3v) is 2.82. The van der Waals surface area contributed by atoms with Crippen molar-refractivity contribution in [2.75, 3.05) is 6.61 Å². The lowest BCUT2D eigenvalue weighted by atomic mass is 10.2. The van der Waals surface area contributed by atoms with Gasteiger partial charge in [0, 0.05) is 6.20 Å². The van der Waals surface area contributed by atoms with Gasteiger partial charge in [-0.05, 0) is 36.4 Å². The van der Waals surface area contributed by atoms with Gasteiger partial charge >= 0.3 is 6.18 Å². The molecule has 0 fully saturated rings. The number of ether oxygens (including phenoxy) is 1. The molecule has 25 heavy (non-hydrogen) atoms. The van der Waals surface area contributed by atoms with Crippen LogP contribution in [0.3, 0.4) is 0 Å². The maximum absolute atomic E-state index is 12.7. The molecule has 132 valence electrons. The zero-order valence-electron chi connectivity index (χ0n) is 12.4. The SMILES string of the molecule is O=C(COc1ccc(F)cc1)NNC(=O)c1ccc(C(F)(F)F)nc1. The molecular formula is C15H11F4N3O3. The van der Waals surface area contributed by atoms with E-state index in [2.05, 4.69) is 4.98 Å². The lowest BCUT2D eigenvalue weighted by Gasteiger charge is -2.09. The van der Waals surface area contributed by atoms with Gasteiger partial charge in [-0.15, -0.1) is 0 Å². The van der Waals surface area contributed by atoms with E-state index in [0.29, 0.717) is 6.07 Å². The van der Waals surface area contributed by atoms with Crippen molar-refractivity contribution in [1.82, 2.24) is 15.8 Å². The average molecular weight is 357 g/mol. The van der Waals surface area contributed by atoms with Crippen LogP contribution in [0.15, 0.2) is 42.6 Å². The smallest absolute Gasteiger partial charge is 0.433 e. The van der Waals surface area contributed by atoms with Gasteiger partial charge in [0.25, 0.3) is 11.8 Å². The Morgan fingerprint density at radius 1 is 1.04 bits per heavy atom. The molecule has 0 saturated heterocycles. The van der Waals surface area contributed by atoms with Crippen LogP contribution < -0.4 is 15.6 Å². The molecule has 1 aromatic heterocycles. The Balaban J connectivity index is 1.80. The Morgan fingerprint density at radius 3 is 2.28 bits per heavy atom. The summed E-state index contributed by atoms with van der Waals surface area (Å²) in [7, 11) is 0. The third kappa shape index (κ3) is 5.44. The second-order valence-electron chi connectivity index (χ2n) is 4.67. The first-order chi connectivity index (χ1) is 11.8. The summed E-state index contributed by atoms with van der Waals surface area (Å²) in [6, 6.07) is 6.49. The number of alkyl halides is 3. The highest BCUT2D eigenvalue weighted by Crippen LogP contribution is 2.27. The fraction of sp³-hybridized carbons (Fsp3) is 0.133. The minimum absolute atomic E-state index is 0.173. The Hall–Kier alpha value is -3.17. The molecule has 0 aliphatic rings. The Labute approximate surface area is 138 Å². The molecular weight excluding hydrogens is 346 g/mol. The van der Waals surface area contributed by atoms with Crippen molar-refractivity contribution in [2.45, 2.75) is 6.18 Å². The van der Waals surface area contributed by atoms with E-state index < -0.39 is 36.1 Å². The molecule has 0 aliphatic carbocycles. The van der Waals surface area contributed by atoms with Crippen LogP contribution in [0, 0.1) is 5.82 Å². The van der Waals surface area contributed by atoms with Gasteiger partial charge in [-0.3, -0.25) is 25.4 Å². The van der Waals surface area contributed by atoms with Crippen molar-refractivity contribution >= 4 is 11.8 Å². The number of hydrogen-bond donors (Lipinski definition) is 2. The third-order valence-electron chi connectivity index (χ3n) is 2.82.